The fourth-order valence-electron chi connectivity index (χ4n) is 2.89. The second-order valence-electron chi connectivity index (χ2n) is 7.06. The quantitative estimate of drug-likeness (QED) is 0.220. The molecule has 0 aliphatic rings. The van der Waals surface area contributed by atoms with Gasteiger partial charge in [-0.1, -0.05) is 77.2 Å². The van der Waals surface area contributed by atoms with Gasteiger partial charge in [0.15, 0.2) is 0 Å². The van der Waals surface area contributed by atoms with E-state index in [1.165, 1.54) is 57.8 Å². The molecular weight excluding hydrogens is 306 g/mol. The summed E-state index contributed by atoms with van der Waals surface area (Å²) in [5.41, 5.74) is 0. The number of carbonyl (C=O) groups is 1. The van der Waals surface area contributed by atoms with E-state index in [4.69, 9.17) is 0 Å². The van der Waals surface area contributed by atoms with E-state index in [2.05, 4.69) is 50.4 Å². The van der Waals surface area contributed by atoms with Crippen LogP contribution in [0.4, 0.5) is 0 Å². The van der Waals surface area contributed by atoms with Gasteiger partial charge in [-0.15, -0.1) is 0 Å². The summed E-state index contributed by atoms with van der Waals surface area (Å²) in [5, 5.41) is 3.11. The third-order valence-electron chi connectivity index (χ3n) is 4.71. The van der Waals surface area contributed by atoms with Gasteiger partial charge in [0.05, 0.1) is 0 Å². The fraction of sp³-hybridized carbons (Fsp3) is 0.783. The normalized spacial score (nSPS) is 11.8. The van der Waals surface area contributed by atoms with E-state index < -0.39 is 0 Å². The lowest BCUT2D eigenvalue weighted by molar-refractivity contribution is -0.121. The van der Waals surface area contributed by atoms with Crippen LogP contribution >= 0.6 is 0 Å². The maximum atomic E-state index is 11.8. The van der Waals surface area contributed by atoms with Crippen LogP contribution in [0.15, 0.2) is 24.3 Å². The van der Waals surface area contributed by atoms with Crippen molar-refractivity contribution in [3.05, 3.63) is 24.3 Å². The van der Waals surface area contributed by atoms with Crippen molar-refractivity contribution in [3.63, 3.8) is 0 Å². The van der Waals surface area contributed by atoms with Crippen LogP contribution in [-0.4, -0.2) is 11.9 Å². The van der Waals surface area contributed by atoms with Gasteiger partial charge in [-0.3, -0.25) is 4.79 Å². The van der Waals surface area contributed by atoms with Crippen molar-refractivity contribution < 1.29 is 4.79 Å². The highest BCUT2D eigenvalue weighted by atomic mass is 16.1. The zero-order chi connectivity index (χ0) is 18.6. The lowest BCUT2D eigenvalue weighted by Gasteiger charge is -2.14. The van der Waals surface area contributed by atoms with Crippen LogP contribution in [0, 0.1) is 0 Å². The molecular formula is C23H43NO. The van der Waals surface area contributed by atoms with E-state index in [0.717, 1.165) is 25.7 Å². The summed E-state index contributed by atoms with van der Waals surface area (Å²) in [6.07, 6.45) is 25.5. The predicted molar refractivity (Wildman–Crippen MR) is 112 cm³/mol. The third-order valence-corrected chi connectivity index (χ3v) is 4.71. The molecule has 2 nitrogen and oxygen atoms in total. The van der Waals surface area contributed by atoms with Crippen molar-refractivity contribution in [1.29, 1.82) is 0 Å². The summed E-state index contributed by atoms with van der Waals surface area (Å²) in [4.78, 5) is 11.8. The van der Waals surface area contributed by atoms with Gasteiger partial charge in [-0.2, -0.15) is 0 Å². The Hall–Kier alpha value is -1.05. The Bertz CT molecular complexity index is 342. The van der Waals surface area contributed by atoms with Gasteiger partial charge >= 0.3 is 0 Å². The highest BCUT2D eigenvalue weighted by Crippen LogP contribution is 2.08. The highest BCUT2D eigenvalue weighted by Gasteiger charge is 2.07. The molecule has 146 valence electrons. The first-order valence-electron chi connectivity index (χ1n) is 10.8. The van der Waals surface area contributed by atoms with Gasteiger partial charge in [0.2, 0.25) is 5.91 Å². The molecule has 0 saturated carbocycles. The average molecular weight is 350 g/mol. The number of rotatable bonds is 17. The molecule has 0 aromatic rings. The van der Waals surface area contributed by atoms with Gasteiger partial charge in [0.1, 0.15) is 0 Å². The number of unbranched alkanes of at least 4 members (excludes halogenated alkanes) is 8. The van der Waals surface area contributed by atoms with E-state index >= 15 is 0 Å². The first kappa shape index (κ1) is 23.9. The maximum absolute atomic E-state index is 11.8. The Kier molecular flexibility index (Phi) is 18.5. The van der Waals surface area contributed by atoms with Crippen LogP contribution in [0.3, 0.4) is 0 Å². The molecule has 1 amide bonds. The summed E-state index contributed by atoms with van der Waals surface area (Å²) >= 11 is 0. The smallest absolute Gasteiger partial charge is 0.220 e. The van der Waals surface area contributed by atoms with Crippen LogP contribution in [0.5, 0.6) is 0 Å². The van der Waals surface area contributed by atoms with Crippen molar-refractivity contribution in [3.8, 4) is 0 Å². The van der Waals surface area contributed by atoms with Crippen LogP contribution in [0.1, 0.15) is 111 Å². The van der Waals surface area contributed by atoms with E-state index in [1.807, 2.05) is 0 Å². The highest BCUT2D eigenvalue weighted by molar-refractivity contribution is 5.76. The number of carbonyl (C=O) groups excluding carboxylic acids is 1. The molecule has 0 fully saturated rings. The molecule has 0 heterocycles. The molecule has 0 unspecified atom stereocenters. The summed E-state index contributed by atoms with van der Waals surface area (Å²) in [6, 6.07) is 0.366. The zero-order valence-corrected chi connectivity index (χ0v) is 17.2. The molecule has 0 saturated heterocycles. The first-order valence-corrected chi connectivity index (χ1v) is 10.8. The molecule has 0 spiro atoms. The Morgan fingerprint density at radius 3 is 1.92 bits per heavy atom. The summed E-state index contributed by atoms with van der Waals surface area (Å²) in [7, 11) is 0. The van der Waals surface area contributed by atoms with Crippen LogP contribution < -0.4 is 5.32 Å². The molecule has 25 heavy (non-hydrogen) atoms. The zero-order valence-electron chi connectivity index (χ0n) is 17.2. The molecule has 0 bridgehead atoms. The second-order valence-corrected chi connectivity index (χ2v) is 7.06. The van der Waals surface area contributed by atoms with Gasteiger partial charge in [-0.25, -0.2) is 0 Å². The van der Waals surface area contributed by atoms with Gasteiger partial charge in [-0.05, 0) is 51.4 Å². The second kappa shape index (κ2) is 19.3. The standard InChI is InChI=1S/C23H43NO/c1-4-7-8-9-10-11-12-13-14-15-16-17-18-19-20-21-23(25)24-22(5-2)6-3/h10-11,13-14,22H,4-9,12,15-21H2,1-3H3,(H,24,25)/b11-10-,14-13-. The molecule has 0 atom stereocenters. The SMILES string of the molecule is CCCCC/C=C\C/C=C\CCCCCCCC(=O)NC(CC)CC. The lowest BCUT2D eigenvalue weighted by Crippen LogP contribution is -2.33. The molecule has 0 aromatic carbocycles. The molecule has 2 heteroatoms. The monoisotopic (exact) mass is 349 g/mol. The predicted octanol–water partition coefficient (Wildman–Crippen LogP) is 7.10. The Morgan fingerprint density at radius 2 is 1.32 bits per heavy atom. The lowest BCUT2D eigenvalue weighted by atomic mass is 10.1. The van der Waals surface area contributed by atoms with Crippen molar-refractivity contribution >= 4 is 5.91 Å². The fourth-order valence-corrected chi connectivity index (χ4v) is 2.89. The summed E-state index contributed by atoms with van der Waals surface area (Å²) in [5.74, 6) is 0.236. The number of hydrogen-bond acceptors (Lipinski definition) is 1. The van der Waals surface area contributed by atoms with Crippen molar-refractivity contribution in [2.45, 2.75) is 117 Å². The van der Waals surface area contributed by atoms with Crippen molar-refractivity contribution in [2.24, 2.45) is 0 Å². The Balaban J connectivity index is 3.35. The summed E-state index contributed by atoms with van der Waals surface area (Å²) in [6.45, 7) is 6.51. The minimum absolute atomic E-state index is 0.236. The average Bonchev–Trinajstić information content (AvgIpc) is 2.62. The van der Waals surface area contributed by atoms with E-state index in [-0.39, 0.29) is 5.91 Å². The van der Waals surface area contributed by atoms with Crippen LogP contribution in [0.2, 0.25) is 0 Å². The third kappa shape index (κ3) is 17.6. The van der Waals surface area contributed by atoms with E-state index in [0.29, 0.717) is 12.5 Å². The summed E-state index contributed by atoms with van der Waals surface area (Å²) < 4.78 is 0. The molecule has 0 aliphatic carbocycles. The Morgan fingerprint density at radius 1 is 0.760 bits per heavy atom. The Labute approximate surface area is 157 Å². The molecule has 1 N–H and O–H groups in total. The van der Waals surface area contributed by atoms with Gasteiger partial charge in [0.25, 0.3) is 0 Å². The van der Waals surface area contributed by atoms with Crippen molar-refractivity contribution in [1.82, 2.24) is 5.32 Å². The molecule has 0 radical (unpaired) electrons. The van der Waals surface area contributed by atoms with Gasteiger partial charge in [0, 0.05) is 12.5 Å². The first-order chi connectivity index (χ1) is 12.2. The largest absolute Gasteiger partial charge is 0.353 e. The number of amides is 1. The minimum atomic E-state index is 0.236. The van der Waals surface area contributed by atoms with Crippen LogP contribution in [-0.2, 0) is 4.79 Å². The van der Waals surface area contributed by atoms with Crippen LogP contribution in [0.25, 0.3) is 0 Å². The minimum Gasteiger partial charge on any atom is -0.353 e. The topological polar surface area (TPSA) is 29.1 Å². The number of hydrogen-bond donors (Lipinski definition) is 1. The van der Waals surface area contributed by atoms with Gasteiger partial charge < -0.3 is 5.32 Å². The van der Waals surface area contributed by atoms with E-state index in [9.17, 15) is 4.79 Å². The maximum Gasteiger partial charge on any atom is 0.220 e. The van der Waals surface area contributed by atoms with E-state index in [1.54, 1.807) is 0 Å². The molecule has 0 aliphatic heterocycles. The number of nitrogens with one attached hydrogen (secondary N) is 1. The molecule has 0 aromatic heterocycles. The molecule has 0 rings (SSSR count). The van der Waals surface area contributed by atoms with Crippen molar-refractivity contribution in [2.75, 3.05) is 0 Å². The number of allylic oxidation sites excluding steroid dienone is 4.